The molecule has 0 unspecified atom stereocenters. The SMILES string of the molecule is COCc1cc(CNC2(c3ccc(F)cc3)CC2)no1. The monoisotopic (exact) mass is 276 g/mol. The van der Waals surface area contributed by atoms with E-state index in [1.165, 1.54) is 12.1 Å². The van der Waals surface area contributed by atoms with Gasteiger partial charge >= 0.3 is 0 Å². The third-order valence-corrected chi connectivity index (χ3v) is 3.65. The minimum Gasteiger partial charge on any atom is -0.377 e. The molecule has 0 atom stereocenters. The lowest BCUT2D eigenvalue weighted by Crippen LogP contribution is -2.28. The summed E-state index contributed by atoms with van der Waals surface area (Å²) in [4.78, 5) is 0. The second kappa shape index (κ2) is 5.34. The van der Waals surface area contributed by atoms with Gasteiger partial charge in [0.2, 0.25) is 0 Å². The van der Waals surface area contributed by atoms with Gasteiger partial charge in [-0.3, -0.25) is 0 Å². The molecule has 0 saturated heterocycles. The van der Waals surface area contributed by atoms with Crippen LogP contribution in [0, 0.1) is 5.82 Å². The molecule has 0 spiro atoms. The van der Waals surface area contributed by atoms with E-state index in [2.05, 4.69) is 10.5 Å². The van der Waals surface area contributed by atoms with Crippen molar-refractivity contribution in [3.05, 3.63) is 53.2 Å². The van der Waals surface area contributed by atoms with Crippen LogP contribution >= 0.6 is 0 Å². The molecule has 4 nitrogen and oxygen atoms in total. The quantitative estimate of drug-likeness (QED) is 0.881. The lowest BCUT2D eigenvalue weighted by Gasteiger charge is -2.17. The van der Waals surface area contributed by atoms with Crippen LogP contribution < -0.4 is 5.32 Å². The summed E-state index contributed by atoms with van der Waals surface area (Å²) >= 11 is 0. The lowest BCUT2D eigenvalue weighted by molar-refractivity contribution is 0.155. The molecule has 1 aromatic heterocycles. The molecule has 0 radical (unpaired) electrons. The first-order chi connectivity index (χ1) is 9.72. The number of nitrogens with zero attached hydrogens (tertiary/aromatic N) is 1. The van der Waals surface area contributed by atoms with Crippen molar-refractivity contribution >= 4 is 0 Å². The molecule has 0 amide bonds. The van der Waals surface area contributed by atoms with E-state index in [-0.39, 0.29) is 11.4 Å². The highest BCUT2D eigenvalue weighted by atomic mass is 19.1. The van der Waals surface area contributed by atoms with E-state index in [0.29, 0.717) is 13.2 Å². The van der Waals surface area contributed by atoms with E-state index >= 15 is 0 Å². The third kappa shape index (κ3) is 2.73. The Morgan fingerprint density at radius 1 is 1.35 bits per heavy atom. The summed E-state index contributed by atoms with van der Waals surface area (Å²) in [5.41, 5.74) is 1.94. The topological polar surface area (TPSA) is 47.3 Å². The van der Waals surface area contributed by atoms with Gasteiger partial charge in [0.05, 0.1) is 5.69 Å². The number of nitrogens with one attached hydrogen (secondary N) is 1. The van der Waals surface area contributed by atoms with Crippen molar-refractivity contribution in [3.8, 4) is 0 Å². The van der Waals surface area contributed by atoms with Gasteiger partial charge < -0.3 is 14.6 Å². The molecule has 20 heavy (non-hydrogen) atoms. The van der Waals surface area contributed by atoms with Gasteiger partial charge in [0.15, 0.2) is 5.76 Å². The number of methoxy groups -OCH3 is 1. The fraction of sp³-hybridized carbons (Fsp3) is 0.400. The zero-order valence-corrected chi connectivity index (χ0v) is 11.4. The molecule has 1 aliphatic carbocycles. The van der Waals surface area contributed by atoms with Gasteiger partial charge in [-0.25, -0.2) is 4.39 Å². The van der Waals surface area contributed by atoms with Crippen LogP contribution in [-0.4, -0.2) is 12.3 Å². The third-order valence-electron chi connectivity index (χ3n) is 3.65. The van der Waals surface area contributed by atoms with Crippen LogP contribution in [0.5, 0.6) is 0 Å². The molecule has 3 rings (SSSR count). The van der Waals surface area contributed by atoms with Crippen molar-refractivity contribution in [2.24, 2.45) is 0 Å². The second-order valence-electron chi connectivity index (χ2n) is 5.16. The second-order valence-corrected chi connectivity index (χ2v) is 5.16. The van der Waals surface area contributed by atoms with Crippen LogP contribution in [0.2, 0.25) is 0 Å². The molecule has 5 heteroatoms. The Bertz CT molecular complexity index is 576. The predicted octanol–water partition coefficient (Wildman–Crippen LogP) is 2.74. The molecule has 1 N–H and O–H groups in total. The molecule has 1 aliphatic rings. The Labute approximate surface area is 116 Å². The molecule has 106 valence electrons. The number of ether oxygens (including phenoxy) is 1. The first-order valence-electron chi connectivity index (χ1n) is 6.66. The zero-order valence-electron chi connectivity index (χ0n) is 11.4. The Morgan fingerprint density at radius 3 is 2.75 bits per heavy atom. The number of halogens is 1. The average molecular weight is 276 g/mol. The highest BCUT2D eigenvalue weighted by molar-refractivity contribution is 5.30. The highest BCUT2D eigenvalue weighted by Gasteiger charge is 2.43. The summed E-state index contributed by atoms with van der Waals surface area (Å²) in [5.74, 6) is 0.515. The van der Waals surface area contributed by atoms with E-state index in [1.54, 1.807) is 7.11 Å². The van der Waals surface area contributed by atoms with Crippen molar-refractivity contribution in [1.29, 1.82) is 0 Å². The molecular weight excluding hydrogens is 259 g/mol. The number of hydrogen-bond donors (Lipinski definition) is 1. The standard InChI is InChI=1S/C15H17FN2O2/c1-19-10-14-8-13(18-20-14)9-17-15(6-7-15)11-2-4-12(16)5-3-11/h2-5,8,17H,6-7,9-10H2,1H3. The van der Waals surface area contributed by atoms with Crippen LogP contribution in [0.25, 0.3) is 0 Å². The van der Waals surface area contributed by atoms with Crippen molar-refractivity contribution in [1.82, 2.24) is 10.5 Å². The summed E-state index contributed by atoms with van der Waals surface area (Å²) < 4.78 is 23.1. The summed E-state index contributed by atoms with van der Waals surface area (Å²) in [6, 6.07) is 8.58. The number of rotatable bonds is 6. The first-order valence-corrected chi connectivity index (χ1v) is 6.66. The molecular formula is C15H17FN2O2. The van der Waals surface area contributed by atoms with Crippen molar-refractivity contribution in [2.75, 3.05) is 7.11 Å². The van der Waals surface area contributed by atoms with Gasteiger partial charge in [0, 0.05) is 25.3 Å². The number of aromatic nitrogens is 1. The Morgan fingerprint density at radius 2 is 2.10 bits per heavy atom. The molecule has 1 saturated carbocycles. The van der Waals surface area contributed by atoms with Crippen molar-refractivity contribution < 1.29 is 13.7 Å². The molecule has 2 aromatic rings. The molecule has 1 heterocycles. The normalized spacial score (nSPS) is 16.3. The maximum absolute atomic E-state index is 13.0. The van der Waals surface area contributed by atoms with Gasteiger partial charge in [0.25, 0.3) is 0 Å². The van der Waals surface area contributed by atoms with E-state index < -0.39 is 0 Å². The van der Waals surface area contributed by atoms with Gasteiger partial charge in [-0.05, 0) is 30.5 Å². The molecule has 1 aromatic carbocycles. The fourth-order valence-electron chi connectivity index (χ4n) is 2.37. The number of benzene rings is 1. The minimum absolute atomic E-state index is 0.0337. The van der Waals surface area contributed by atoms with Crippen LogP contribution in [0.3, 0.4) is 0 Å². The fourth-order valence-corrected chi connectivity index (χ4v) is 2.37. The van der Waals surface area contributed by atoms with Gasteiger partial charge in [-0.1, -0.05) is 17.3 Å². The Balaban J connectivity index is 1.63. The number of hydrogen-bond acceptors (Lipinski definition) is 4. The zero-order chi connectivity index (χ0) is 14.0. The van der Waals surface area contributed by atoms with Gasteiger partial charge in [0.1, 0.15) is 12.4 Å². The lowest BCUT2D eigenvalue weighted by atomic mass is 10.0. The van der Waals surface area contributed by atoms with E-state index in [1.807, 2.05) is 18.2 Å². The van der Waals surface area contributed by atoms with Crippen LogP contribution in [0.15, 0.2) is 34.9 Å². The summed E-state index contributed by atoms with van der Waals surface area (Å²) in [6.07, 6.45) is 2.11. The first kappa shape index (κ1) is 13.3. The maximum atomic E-state index is 13.0. The Kier molecular flexibility index (Phi) is 3.54. The molecule has 1 fully saturated rings. The average Bonchev–Trinajstić information content (AvgIpc) is 3.11. The predicted molar refractivity (Wildman–Crippen MR) is 71.4 cm³/mol. The highest BCUT2D eigenvalue weighted by Crippen LogP contribution is 2.45. The van der Waals surface area contributed by atoms with E-state index in [0.717, 1.165) is 29.9 Å². The van der Waals surface area contributed by atoms with Crippen molar-refractivity contribution in [2.45, 2.75) is 31.5 Å². The smallest absolute Gasteiger partial charge is 0.162 e. The summed E-state index contributed by atoms with van der Waals surface area (Å²) in [7, 11) is 1.62. The van der Waals surface area contributed by atoms with Crippen LogP contribution in [0.1, 0.15) is 29.9 Å². The minimum atomic E-state index is -0.203. The summed E-state index contributed by atoms with van der Waals surface area (Å²) in [5, 5.41) is 7.49. The van der Waals surface area contributed by atoms with Crippen molar-refractivity contribution in [3.63, 3.8) is 0 Å². The van der Waals surface area contributed by atoms with Crippen LogP contribution in [0.4, 0.5) is 4.39 Å². The van der Waals surface area contributed by atoms with Crippen LogP contribution in [-0.2, 0) is 23.4 Å². The Hall–Kier alpha value is -1.72. The molecule has 0 bridgehead atoms. The van der Waals surface area contributed by atoms with E-state index in [9.17, 15) is 4.39 Å². The largest absolute Gasteiger partial charge is 0.377 e. The van der Waals surface area contributed by atoms with Gasteiger partial charge in [-0.2, -0.15) is 0 Å². The van der Waals surface area contributed by atoms with E-state index in [4.69, 9.17) is 9.26 Å². The van der Waals surface area contributed by atoms with Gasteiger partial charge in [-0.15, -0.1) is 0 Å². The summed E-state index contributed by atoms with van der Waals surface area (Å²) in [6.45, 7) is 1.06. The maximum Gasteiger partial charge on any atom is 0.162 e. The molecule has 0 aliphatic heterocycles.